The minimum absolute atomic E-state index is 0.230. The van der Waals surface area contributed by atoms with E-state index in [1.807, 2.05) is 18.4 Å². The minimum atomic E-state index is -0.720. The number of fused-ring (bicyclic) bond motifs is 1. The molecule has 0 aliphatic rings. The van der Waals surface area contributed by atoms with Gasteiger partial charge in [0, 0.05) is 12.3 Å². The van der Waals surface area contributed by atoms with Crippen molar-refractivity contribution < 1.29 is 10.2 Å². The van der Waals surface area contributed by atoms with Crippen LogP contribution >= 0.6 is 23.1 Å². The summed E-state index contributed by atoms with van der Waals surface area (Å²) < 4.78 is 1.02. The van der Waals surface area contributed by atoms with Crippen molar-refractivity contribution in [2.75, 3.05) is 24.2 Å². The number of anilines is 1. The predicted molar refractivity (Wildman–Crippen MR) is 75.4 cm³/mol. The lowest BCUT2D eigenvalue weighted by Gasteiger charge is -2.08. The fourth-order valence-electron chi connectivity index (χ4n) is 1.40. The lowest BCUT2D eigenvalue weighted by Crippen LogP contribution is -2.14. The fourth-order valence-corrected chi connectivity index (χ4v) is 3.28. The summed E-state index contributed by atoms with van der Waals surface area (Å²) >= 11 is 3.02. The quantitative estimate of drug-likeness (QED) is 0.552. The van der Waals surface area contributed by atoms with Gasteiger partial charge in [-0.15, -0.1) is 23.1 Å². The third-order valence-corrected chi connectivity index (χ3v) is 4.39. The van der Waals surface area contributed by atoms with E-state index in [1.54, 1.807) is 11.3 Å². The summed E-state index contributed by atoms with van der Waals surface area (Å²) in [7, 11) is 0. The Hall–Kier alpha value is -0.890. The number of thioether (sulfide) groups is 1. The highest BCUT2D eigenvalue weighted by molar-refractivity contribution is 7.99. The van der Waals surface area contributed by atoms with E-state index in [1.165, 1.54) is 11.8 Å². The monoisotopic (exact) mass is 285 g/mol. The van der Waals surface area contributed by atoms with Gasteiger partial charge in [-0.25, -0.2) is 9.97 Å². The lowest BCUT2D eigenvalue weighted by molar-refractivity contribution is 0.113. The molecular weight excluding hydrogens is 270 g/mol. The zero-order chi connectivity index (χ0) is 13.0. The van der Waals surface area contributed by atoms with Gasteiger partial charge < -0.3 is 15.5 Å². The maximum Gasteiger partial charge on any atom is 0.224 e. The second-order valence-corrected chi connectivity index (χ2v) is 5.59. The second-order valence-electron chi connectivity index (χ2n) is 3.67. The van der Waals surface area contributed by atoms with Gasteiger partial charge in [0.15, 0.2) is 0 Å². The summed E-state index contributed by atoms with van der Waals surface area (Å²) in [6.07, 6.45) is -0.720. The minimum Gasteiger partial charge on any atom is -0.394 e. The molecule has 2 rings (SSSR count). The number of hydrogen-bond acceptors (Lipinski definition) is 7. The second kappa shape index (κ2) is 6.33. The first-order valence-corrected chi connectivity index (χ1v) is 7.52. The van der Waals surface area contributed by atoms with Gasteiger partial charge in [-0.05, 0) is 18.4 Å². The van der Waals surface area contributed by atoms with Crippen molar-refractivity contribution in [2.45, 2.75) is 18.1 Å². The Balaban J connectivity index is 2.25. The molecule has 0 fully saturated rings. The van der Waals surface area contributed by atoms with Gasteiger partial charge in [-0.1, -0.05) is 0 Å². The van der Waals surface area contributed by atoms with Crippen molar-refractivity contribution >= 4 is 39.3 Å². The molecular formula is C11H15N3O2S2. The molecule has 2 aromatic rings. The third-order valence-electron chi connectivity index (χ3n) is 2.23. The molecule has 1 atom stereocenters. The Morgan fingerprint density at radius 3 is 3.06 bits per heavy atom. The van der Waals surface area contributed by atoms with Crippen LogP contribution in [0.15, 0.2) is 16.5 Å². The number of aliphatic hydroxyl groups excluding tert-OH is 2. The van der Waals surface area contributed by atoms with Gasteiger partial charge in [0.05, 0.1) is 22.9 Å². The number of rotatable bonds is 6. The zero-order valence-electron chi connectivity index (χ0n) is 9.96. The van der Waals surface area contributed by atoms with E-state index in [2.05, 4.69) is 15.3 Å². The molecule has 7 heteroatoms. The highest BCUT2D eigenvalue weighted by atomic mass is 32.2. The Kier molecular flexibility index (Phi) is 4.76. The molecule has 0 bridgehead atoms. The molecule has 0 aliphatic carbocycles. The summed E-state index contributed by atoms with van der Waals surface area (Å²) in [5.74, 6) is 1.02. The molecule has 18 heavy (non-hydrogen) atoms. The SMILES string of the molecule is CCNc1nc(SCC(O)CO)c2sccc2n1. The van der Waals surface area contributed by atoms with Crippen LogP contribution in [0.4, 0.5) is 5.95 Å². The van der Waals surface area contributed by atoms with Crippen molar-refractivity contribution in [3.05, 3.63) is 11.4 Å². The Bertz CT molecular complexity index is 518. The average Bonchev–Trinajstić information content (AvgIpc) is 2.84. The molecule has 5 nitrogen and oxygen atoms in total. The third kappa shape index (κ3) is 3.11. The summed E-state index contributed by atoms with van der Waals surface area (Å²) in [5.41, 5.74) is 0.909. The van der Waals surface area contributed by atoms with Crippen LogP contribution in [0.3, 0.4) is 0 Å². The molecule has 0 spiro atoms. The molecule has 0 aromatic carbocycles. The topological polar surface area (TPSA) is 78.3 Å². The molecule has 0 saturated carbocycles. The van der Waals surface area contributed by atoms with Crippen LogP contribution < -0.4 is 5.32 Å². The molecule has 1 unspecified atom stereocenters. The van der Waals surface area contributed by atoms with Crippen LogP contribution in [-0.2, 0) is 0 Å². The van der Waals surface area contributed by atoms with Gasteiger partial charge in [0.25, 0.3) is 0 Å². The van der Waals surface area contributed by atoms with Crippen LogP contribution in [0, 0.1) is 0 Å². The van der Waals surface area contributed by atoms with E-state index in [-0.39, 0.29) is 6.61 Å². The number of aliphatic hydroxyl groups is 2. The van der Waals surface area contributed by atoms with E-state index in [0.717, 1.165) is 21.8 Å². The van der Waals surface area contributed by atoms with Crippen molar-refractivity contribution in [3.63, 3.8) is 0 Å². The van der Waals surface area contributed by atoms with E-state index in [0.29, 0.717) is 11.7 Å². The predicted octanol–water partition coefficient (Wildman–Crippen LogP) is 1.57. The first-order chi connectivity index (χ1) is 8.74. The molecule has 0 saturated heterocycles. The van der Waals surface area contributed by atoms with E-state index in [4.69, 9.17) is 5.11 Å². The van der Waals surface area contributed by atoms with Crippen molar-refractivity contribution in [1.29, 1.82) is 0 Å². The Morgan fingerprint density at radius 1 is 1.50 bits per heavy atom. The number of nitrogens with one attached hydrogen (secondary N) is 1. The van der Waals surface area contributed by atoms with Gasteiger partial charge in [0.1, 0.15) is 5.03 Å². The van der Waals surface area contributed by atoms with E-state index < -0.39 is 6.10 Å². The van der Waals surface area contributed by atoms with Crippen molar-refractivity contribution in [1.82, 2.24) is 9.97 Å². The highest BCUT2D eigenvalue weighted by Crippen LogP contribution is 2.30. The maximum absolute atomic E-state index is 9.39. The number of thiophene rings is 1. The molecule has 0 radical (unpaired) electrons. The average molecular weight is 285 g/mol. The molecule has 2 aromatic heterocycles. The fraction of sp³-hybridized carbons (Fsp3) is 0.455. The normalized spacial score (nSPS) is 12.8. The smallest absolute Gasteiger partial charge is 0.224 e. The van der Waals surface area contributed by atoms with E-state index in [9.17, 15) is 5.11 Å². The summed E-state index contributed by atoms with van der Waals surface area (Å²) in [6.45, 7) is 2.52. The summed E-state index contributed by atoms with van der Waals surface area (Å²) in [4.78, 5) is 8.82. The van der Waals surface area contributed by atoms with Crippen LogP contribution in [0.2, 0.25) is 0 Å². The Morgan fingerprint density at radius 2 is 2.33 bits per heavy atom. The molecule has 0 aliphatic heterocycles. The van der Waals surface area contributed by atoms with Crippen molar-refractivity contribution in [2.24, 2.45) is 0 Å². The molecule has 98 valence electrons. The lowest BCUT2D eigenvalue weighted by atomic mass is 10.4. The van der Waals surface area contributed by atoms with Gasteiger partial charge in [-0.3, -0.25) is 0 Å². The van der Waals surface area contributed by atoms with Crippen molar-refractivity contribution in [3.8, 4) is 0 Å². The Labute approximate surface area is 113 Å². The number of aromatic nitrogens is 2. The van der Waals surface area contributed by atoms with Gasteiger partial charge in [0.2, 0.25) is 5.95 Å². The molecule has 0 amide bonds. The maximum atomic E-state index is 9.39. The van der Waals surface area contributed by atoms with Crippen LogP contribution in [0.25, 0.3) is 10.2 Å². The first-order valence-electron chi connectivity index (χ1n) is 5.65. The van der Waals surface area contributed by atoms with Crippen LogP contribution in [0.5, 0.6) is 0 Å². The number of nitrogens with zero attached hydrogens (tertiary/aromatic N) is 2. The largest absolute Gasteiger partial charge is 0.394 e. The first kappa shape index (κ1) is 13.5. The zero-order valence-corrected chi connectivity index (χ0v) is 11.6. The van der Waals surface area contributed by atoms with Gasteiger partial charge in [-0.2, -0.15) is 0 Å². The molecule has 3 N–H and O–H groups in total. The summed E-state index contributed by atoms with van der Waals surface area (Å²) in [6, 6.07) is 1.95. The van der Waals surface area contributed by atoms with Crippen LogP contribution in [-0.4, -0.2) is 45.2 Å². The summed E-state index contributed by atoms with van der Waals surface area (Å²) in [5, 5.41) is 24.1. The standard InChI is InChI=1S/C11H15N3O2S2/c1-2-12-11-13-8-3-4-17-9(8)10(14-11)18-6-7(16)5-15/h3-4,7,15-16H,2,5-6H2,1H3,(H,12,13,14). The highest BCUT2D eigenvalue weighted by Gasteiger charge is 2.11. The number of hydrogen-bond donors (Lipinski definition) is 3. The van der Waals surface area contributed by atoms with Crippen LogP contribution in [0.1, 0.15) is 6.92 Å². The molecule has 2 heterocycles. The van der Waals surface area contributed by atoms with E-state index >= 15 is 0 Å². The van der Waals surface area contributed by atoms with Gasteiger partial charge >= 0.3 is 0 Å².